The zero-order valence-electron chi connectivity index (χ0n) is 21.8. The standard InChI is InChI=1S/C27H32N6O4/c1-6-32(7-2)16-33-20-11-9-8-10-19(20)23(26(33)34)30-27-29-15-18(25(28)31-27)12-17-13-21(35-3)24(37-5)22(14-17)36-4/h8-11,13-15H,6-7,12,16H2,1-5H3,(H2,28,29,31)/b30-23+. The zero-order valence-corrected chi connectivity index (χ0v) is 21.8. The van der Waals surface area contributed by atoms with Crippen LogP contribution in [0.3, 0.4) is 0 Å². The van der Waals surface area contributed by atoms with Gasteiger partial charge in [-0.3, -0.25) is 14.6 Å². The summed E-state index contributed by atoms with van der Waals surface area (Å²) in [4.78, 5) is 30.6. The predicted octanol–water partition coefficient (Wildman–Crippen LogP) is 3.44. The van der Waals surface area contributed by atoms with E-state index < -0.39 is 0 Å². The lowest BCUT2D eigenvalue weighted by Gasteiger charge is -2.25. The van der Waals surface area contributed by atoms with Crippen molar-refractivity contribution in [1.29, 1.82) is 0 Å². The van der Waals surface area contributed by atoms with Crippen LogP contribution in [0.4, 0.5) is 17.5 Å². The number of hydrogen-bond acceptors (Lipinski definition) is 9. The van der Waals surface area contributed by atoms with Crippen molar-refractivity contribution in [2.45, 2.75) is 20.3 Å². The molecule has 0 bridgehead atoms. The number of aliphatic imine (C=N–C) groups is 1. The number of hydrogen-bond donors (Lipinski definition) is 1. The lowest BCUT2D eigenvalue weighted by atomic mass is 10.1. The van der Waals surface area contributed by atoms with Gasteiger partial charge in [0.15, 0.2) is 11.5 Å². The highest BCUT2D eigenvalue weighted by Crippen LogP contribution is 2.39. The highest BCUT2D eigenvalue weighted by atomic mass is 16.5. The van der Waals surface area contributed by atoms with E-state index in [1.165, 1.54) is 0 Å². The summed E-state index contributed by atoms with van der Waals surface area (Å²) in [7, 11) is 4.69. The van der Waals surface area contributed by atoms with E-state index in [0.29, 0.717) is 41.6 Å². The number of benzene rings is 2. The average Bonchev–Trinajstić information content (AvgIpc) is 3.18. The van der Waals surface area contributed by atoms with Gasteiger partial charge in [-0.15, -0.1) is 0 Å². The van der Waals surface area contributed by atoms with Gasteiger partial charge in [0.2, 0.25) is 5.75 Å². The van der Waals surface area contributed by atoms with Crippen molar-refractivity contribution in [3.8, 4) is 17.2 Å². The van der Waals surface area contributed by atoms with Gasteiger partial charge >= 0.3 is 0 Å². The second-order valence-electron chi connectivity index (χ2n) is 8.45. The number of nitrogen functional groups attached to an aromatic ring is 1. The smallest absolute Gasteiger partial charge is 0.278 e. The van der Waals surface area contributed by atoms with Crippen molar-refractivity contribution in [2.24, 2.45) is 4.99 Å². The molecule has 1 amide bonds. The van der Waals surface area contributed by atoms with Crippen LogP contribution in [0, 0.1) is 0 Å². The Kier molecular flexibility index (Phi) is 7.88. The first-order chi connectivity index (χ1) is 17.9. The Hall–Kier alpha value is -4.18. The van der Waals surface area contributed by atoms with Crippen LogP contribution in [0.15, 0.2) is 47.6 Å². The van der Waals surface area contributed by atoms with E-state index in [0.717, 1.165) is 29.9 Å². The minimum absolute atomic E-state index is 0.133. The number of carbonyl (C=O) groups excluding carboxylic acids is 1. The third kappa shape index (κ3) is 5.19. The summed E-state index contributed by atoms with van der Waals surface area (Å²) in [5.41, 5.74) is 9.76. The number of methoxy groups -OCH3 is 3. The normalized spacial score (nSPS) is 13.8. The number of amides is 1. The minimum atomic E-state index is -0.184. The summed E-state index contributed by atoms with van der Waals surface area (Å²) in [5, 5.41) is 0. The molecule has 0 unspecified atom stereocenters. The van der Waals surface area contributed by atoms with Gasteiger partial charge < -0.3 is 19.9 Å². The SMILES string of the molecule is CCN(CC)CN1C(=O)/C(=N/c2ncc(Cc3cc(OC)c(OC)c(OC)c3)c(N)n2)c2ccccc21. The molecule has 194 valence electrons. The van der Waals surface area contributed by atoms with Crippen LogP contribution in [-0.4, -0.2) is 67.6 Å². The van der Waals surface area contributed by atoms with Crippen molar-refractivity contribution in [3.05, 3.63) is 59.3 Å². The second-order valence-corrected chi connectivity index (χ2v) is 8.45. The summed E-state index contributed by atoms with van der Waals surface area (Å²) in [6.07, 6.45) is 2.07. The van der Waals surface area contributed by atoms with Gasteiger partial charge in [-0.1, -0.05) is 32.0 Å². The Morgan fingerprint density at radius 1 is 1.03 bits per heavy atom. The maximum absolute atomic E-state index is 13.3. The molecule has 2 aromatic carbocycles. The molecule has 0 fully saturated rings. The minimum Gasteiger partial charge on any atom is -0.493 e. The fourth-order valence-corrected chi connectivity index (χ4v) is 4.29. The summed E-state index contributed by atoms with van der Waals surface area (Å²) in [5.74, 6) is 1.84. The summed E-state index contributed by atoms with van der Waals surface area (Å²) < 4.78 is 16.3. The van der Waals surface area contributed by atoms with E-state index in [9.17, 15) is 4.79 Å². The van der Waals surface area contributed by atoms with E-state index >= 15 is 0 Å². The van der Waals surface area contributed by atoms with Gasteiger partial charge in [-0.05, 0) is 36.9 Å². The quantitative estimate of drug-likeness (QED) is 0.446. The second kappa shape index (κ2) is 11.3. The molecule has 1 aromatic heterocycles. The molecule has 2 N–H and O–H groups in total. The molecule has 0 saturated heterocycles. The van der Waals surface area contributed by atoms with Crippen LogP contribution in [0.1, 0.15) is 30.5 Å². The number of aromatic nitrogens is 2. The lowest BCUT2D eigenvalue weighted by Crippen LogP contribution is -2.41. The molecule has 0 radical (unpaired) electrons. The van der Waals surface area contributed by atoms with E-state index in [1.807, 2.05) is 36.4 Å². The molecule has 1 aliphatic heterocycles. The van der Waals surface area contributed by atoms with Gasteiger partial charge in [0, 0.05) is 23.7 Å². The van der Waals surface area contributed by atoms with Crippen LogP contribution >= 0.6 is 0 Å². The largest absolute Gasteiger partial charge is 0.493 e. The van der Waals surface area contributed by atoms with Crippen molar-refractivity contribution in [2.75, 3.05) is 51.7 Å². The predicted molar refractivity (Wildman–Crippen MR) is 143 cm³/mol. The Morgan fingerprint density at radius 3 is 2.30 bits per heavy atom. The zero-order chi connectivity index (χ0) is 26.5. The van der Waals surface area contributed by atoms with E-state index in [1.54, 1.807) is 32.4 Å². The fraction of sp³-hybridized carbons (Fsp3) is 0.333. The Balaban J connectivity index is 1.63. The summed E-state index contributed by atoms with van der Waals surface area (Å²) >= 11 is 0. The molecule has 0 spiro atoms. The molecular weight excluding hydrogens is 472 g/mol. The molecule has 4 rings (SSSR count). The first-order valence-corrected chi connectivity index (χ1v) is 12.1. The van der Waals surface area contributed by atoms with Crippen molar-refractivity contribution in [3.63, 3.8) is 0 Å². The first kappa shape index (κ1) is 25.9. The topological polar surface area (TPSA) is 115 Å². The van der Waals surface area contributed by atoms with Crippen molar-refractivity contribution < 1.29 is 19.0 Å². The van der Waals surface area contributed by atoms with E-state index in [-0.39, 0.29) is 17.7 Å². The highest BCUT2D eigenvalue weighted by Gasteiger charge is 2.34. The molecular formula is C27H32N6O4. The Morgan fingerprint density at radius 2 is 1.70 bits per heavy atom. The number of nitrogens with zero attached hydrogens (tertiary/aromatic N) is 5. The van der Waals surface area contributed by atoms with Gasteiger partial charge in [0.05, 0.1) is 33.7 Å². The highest BCUT2D eigenvalue weighted by molar-refractivity contribution is 6.54. The number of fused-ring (bicyclic) bond motifs is 1. The van der Waals surface area contributed by atoms with Gasteiger partial charge in [0.1, 0.15) is 11.5 Å². The molecule has 3 aromatic rings. The van der Waals surface area contributed by atoms with Crippen LogP contribution in [0.5, 0.6) is 17.2 Å². The molecule has 0 atom stereocenters. The third-order valence-electron chi connectivity index (χ3n) is 6.35. The number of carbonyl (C=O) groups is 1. The van der Waals surface area contributed by atoms with Crippen LogP contribution in [0.25, 0.3) is 0 Å². The molecule has 0 saturated carbocycles. The molecule has 10 nitrogen and oxygen atoms in total. The third-order valence-corrected chi connectivity index (χ3v) is 6.35. The number of nitrogens with two attached hydrogens (primary N) is 1. The molecule has 10 heteroatoms. The van der Waals surface area contributed by atoms with Gasteiger partial charge in [0.25, 0.3) is 11.9 Å². The molecule has 1 aliphatic rings. The number of ether oxygens (including phenoxy) is 3. The summed E-state index contributed by atoms with van der Waals surface area (Å²) in [6, 6.07) is 11.3. The summed E-state index contributed by atoms with van der Waals surface area (Å²) in [6.45, 7) is 6.30. The first-order valence-electron chi connectivity index (χ1n) is 12.1. The van der Waals surface area contributed by atoms with Crippen molar-refractivity contribution >= 4 is 29.1 Å². The van der Waals surface area contributed by atoms with Crippen LogP contribution < -0.4 is 24.8 Å². The fourth-order valence-electron chi connectivity index (χ4n) is 4.29. The Bertz CT molecular complexity index is 1300. The maximum atomic E-state index is 13.3. The Labute approximate surface area is 216 Å². The number of rotatable bonds is 10. The van der Waals surface area contributed by atoms with Crippen LogP contribution in [-0.2, 0) is 11.2 Å². The van der Waals surface area contributed by atoms with E-state index in [2.05, 4.69) is 33.7 Å². The number of para-hydroxylation sites is 1. The molecule has 0 aliphatic carbocycles. The van der Waals surface area contributed by atoms with Crippen molar-refractivity contribution in [1.82, 2.24) is 14.9 Å². The number of anilines is 2. The molecule has 2 heterocycles. The van der Waals surface area contributed by atoms with Gasteiger partial charge in [-0.2, -0.15) is 4.98 Å². The van der Waals surface area contributed by atoms with Crippen LogP contribution in [0.2, 0.25) is 0 Å². The van der Waals surface area contributed by atoms with E-state index in [4.69, 9.17) is 19.9 Å². The maximum Gasteiger partial charge on any atom is 0.278 e. The lowest BCUT2D eigenvalue weighted by molar-refractivity contribution is -0.112. The molecule has 37 heavy (non-hydrogen) atoms. The monoisotopic (exact) mass is 504 g/mol. The average molecular weight is 505 g/mol. The van der Waals surface area contributed by atoms with Gasteiger partial charge in [-0.25, -0.2) is 9.98 Å².